The molecule has 1 unspecified atom stereocenters. The molecule has 0 amide bonds. The van der Waals surface area contributed by atoms with E-state index >= 15 is 0 Å². The molecule has 0 saturated heterocycles. The molecule has 0 saturated carbocycles. The van der Waals surface area contributed by atoms with Crippen molar-refractivity contribution in [2.24, 2.45) is 0 Å². The quantitative estimate of drug-likeness (QED) is 0.903. The van der Waals surface area contributed by atoms with E-state index in [4.69, 9.17) is 16.0 Å². The van der Waals surface area contributed by atoms with Gasteiger partial charge in [0.15, 0.2) is 5.22 Å². The second kappa shape index (κ2) is 4.90. The van der Waals surface area contributed by atoms with Gasteiger partial charge in [0.2, 0.25) is 0 Å². The van der Waals surface area contributed by atoms with Crippen molar-refractivity contribution in [2.45, 2.75) is 13.0 Å². The molecule has 0 aliphatic heterocycles. The summed E-state index contributed by atoms with van der Waals surface area (Å²) in [6.45, 7) is 1.87. The first-order valence-electron chi connectivity index (χ1n) is 5.30. The Kier molecular flexibility index (Phi) is 3.50. The van der Waals surface area contributed by atoms with E-state index in [0.717, 1.165) is 11.1 Å². The van der Waals surface area contributed by atoms with Crippen molar-refractivity contribution >= 4 is 11.6 Å². The summed E-state index contributed by atoms with van der Waals surface area (Å²) in [5.74, 6) is 0.478. The van der Waals surface area contributed by atoms with Crippen LogP contribution in [0.2, 0.25) is 5.22 Å². The normalized spacial score (nSPS) is 12.7. The molecule has 0 bridgehead atoms. The van der Waals surface area contributed by atoms with Crippen LogP contribution in [0.25, 0.3) is 0 Å². The standard InChI is InChI=1S/C13H13ClFNO/c1-8-7-9(15)3-4-10(8)13(16-2)11-5-6-12(14)17-11/h3-7,13,16H,1-2H3. The maximum Gasteiger partial charge on any atom is 0.193 e. The van der Waals surface area contributed by atoms with Crippen molar-refractivity contribution in [3.8, 4) is 0 Å². The van der Waals surface area contributed by atoms with Gasteiger partial charge in [-0.3, -0.25) is 0 Å². The fraction of sp³-hybridized carbons (Fsp3) is 0.231. The van der Waals surface area contributed by atoms with Gasteiger partial charge >= 0.3 is 0 Å². The Balaban J connectivity index is 2.42. The van der Waals surface area contributed by atoms with Crippen molar-refractivity contribution in [1.82, 2.24) is 5.32 Å². The van der Waals surface area contributed by atoms with Crippen molar-refractivity contribution in [3.05, 3.63) is 58.3 Å². The molecule has 2 rings (SSSR count). The molecule has 17 heavy (non-hydrogen) atoms. The summed E-state index contributed by atoms with van der Waals surface area (Å²) in [6, 6.07) is 8.08. The van der Waals surface area contributed by atoms with Gasteiger partial charge < -0.3 is 9.73 Å². The Morgan fingerprint density at radius 3 is 2.59 bits per heavy atom. The fourth-order valence-corrected chi connectivity index (χ4v) is 2.05. The first-order chi connectivity index (χ1) is 8.11. The zero-order chi connectivity index (χ0) is 12.4. The molecule has 0 aliphatic rings. The van der Waals surface area contributed by atoms with E-state index < -0.39 is 0 Å². The molecule has 1 aromatic heterocycles. The first-order valence-corrected chi connectivity index (χ1v) is 5.68. The Bertz CT molecular complexity index is 524. The number of halogens is 2. The van der Waals surface area contributed by atoms with Crippen LogP contribution in [0.1, 0.15) is 22.9 Å². The Morgan fingerprint density at radius 2 is 2.06 bits per heavy atom. The molecule has 90 valence electrons. The summed E-state index contributed by atoms with van der Waals surface area (Å²) >= 11 is 5.76. The SMILES string of the molecule is CNC(c1ccc(Cl)o1)c1ccc(F)cc1C. The maximum atomic E-state index is 13.1. The molecule has 2 nitrogen and oxygen atoms in total. The number of rotatable bonds is 3. The second-order valence-corrected chi connectivity index (χ2v) is 4.24. The third kappa shape index (κ3) is 2.51. The van der Waals surface area contributed by atoms with Crippen LogP contribution in [0.5, 0.6) is 0 Å². The number of nitrogens with one attached hydrogen (secondary N) is 1. The van der Waals surface area contributed by atoms with Crippen LogP contribution in [0.4, 0.5) is 4.39 Å². The highest BCUT2D eigenvalue weighted by Crippen LogP contribution is 2.27. The molecule has 0 radical (unpaired) electrons. The minimum absolute atomic E-state index is 0.122. The van der Waals surface area contributed by atoms with Gasteiger partial charge in [0.1, 0.15) is 11.6 Å². The van der Waals surface area contributed by atoms with Gasteiger partial charge in [-0.25, -0.2) is 4.39 Å². The highest BCUT2D eigenvalue weighted by atomic mass is 35.5. The lowest BCUT2D eigenvalue weighted by molar-refractivity contribution is 0.463. The van der Waals surface area contributed by atoms with Crippen molar-refractivity contribution in [2.75, 3.05) is 7.05 Å². The largest absolute Gasteiger partial charge is 0.448 e. The fourth-order valence-electron chi connectivity index (χ4n) is 1.90. The minimum atomic E-state index is -0.237. The topological polar surface area (TPSA) is 25.2 Å². The van der Waals surface area contributed by atoms with Gasteiger partial charge in [-0.2, -0.15) is 0 Å². The van der Waals surface area contributed by atoms with Crippen LogP contribution in [0.3, 0.4) is 0 Å². The average Bonchev–Trinajstić information content (AvgIpc) is 2.69. The lowest BCUT2D eigenvalue weighted by Crippen LogP contribution is -2.18. The lowest BCUT2D eigenvalue weighted by atomic mass is 9.99. The van der Waals surface area contributed by atoms with Crippen LogP contribution in [0, 0.1) is 12.7 Å². The highest BCUT2D eigenvalue weighted by molar-refractivity contribution is 6.28. The van der Waals surface area contributed by atoms with Crippen molar-refractivity contribution in [3.63, 3.8) is 0 Å². The molecule has 2 aromatic rings. The Hall–Kier alpha value is -1.32. The van der Waals surface area contributed by atoms with Gasteiger partial charge in [-0.15, -0.1) is 0 Å². The van der Waals surface area contributed by atoms with E-state index in [1.807, 2.05) is 20.0 Å². The molecule has 0 fully saturated rings. The van der Waals surface area contributed by atoms with Crippen molar-refractivity contribution < 1.29 is 8.81 Å². The van der Waals surface area contributed by atoms with E-state index in [2.05, 4.69) is 5.32 Å². The van der Waals surface area contributed by atoms with Crippen molar-refractivity contribution in [1.29, 1.82) is 0 Å². The Morgan fingerprint density at radius 1 is 1.29 bits per heavy atom. The molecule has 4 heteroatoms. The Labute approximate surface area is 104 Å². The second-order valence-electron chi connectivity index (χ2n) is 3.86. The first kappa shape index (κ1) is 12.1. The monoisotopic (exact) mass is 253 g/mol. The zero-order valence-corrected chi connectivity index (χ0v) is 10.4. The number of benzene rings is 1. The van der Waals surface area contributed by atoms with E-state index in [-0.39, 0.29) is 11.9 Å². The van der Waals surface area contributed by atoms with E-state index in [0.29, 0.717) is 11.0 Å². The number of furan rings is 1. The number of hydrogen-bond acceptors (Lipinski definition) is 2. The van der Waals surface area contributed by atoms with E-state index in [1.165, 1.54) is 12.1 Å². The predicted molar refractivity (Wildman–Crippen MR) is 65.8 cm³/mol. The molecule has 1 heterocycles. The van der Waals surface area contributed by atoms with E-state index in [9.17, 15) is 4.39 Å². The van der Waals surface area contributed by atoms with Crippen LogP contribution < -0.4 is 5.32 Å². The molecule has 1 N–H and O–H groups in total. The highest BCUT2D eigenvalue weighted by Gasteiger charge is 2.17. The van der Waals surface area contributed by atoms with Gasteiger partial charge in [-0.05, 0) is 61.0 Å². The summed E-state index contributed by atoms with van der Waals surface area (Å²) in [7, 11) is 1.82. The van der Waals surface area contributed by atoms with Gasteiger partial charge in [0, 0.05) is 0 Å². The molecule has 0 aliphatic carbocycles. The van der Waals surface area contributed by atoms with E-state index in [1.54, 1.807) is 12.1 Å². The molecule has 1 aromatic carbocycles. The summed E-state index contributed by atoms with van der Waals surface area (Å²) < 4.78 is 18.4. The smallest absolute Gasteiger partial charge is 0.193 e. The van der Waals surface area contributed by atoms with Crippen LogP contribution >= 0.6 is 11.6 Å². The number of aryl methyl sites for hydroxylation is 1. The summed E-state index contributed by atoms with van der Waals surface area (Å²) in [5, 5.41) is 3.48. The molecular formula is C13H13ClFNO. The summed E-state index contributed by atoms with van der Waals surface area (Å²) in [5.41, 5.74) is 1.84. The van der Waals surface area contributed by atoms with Gasteiger partial charge in [-0.1, -0.05) is 6.07 Å². The third-order valence-electron chi connectivity index (χ3n) is 2.71. The molecular weight excluding hydrogens is 241 g/mol. The van der Waals surface area contributed by atoms with Gasteiger partial charge in [0.05, 0.1) is 6.04 Å². The minimum Gasteiger partial charge on any atom is -0.448 e. The molecule has 1 atom stereocenters. The zero-order valence-electron chi connectivity index (χ0n) is 9.63. The predicted octanol–water partition coefficient (Wildman–Crippen LogP) is 3.69. The summed E-state index contributed by atoms with van der Waals surface area (Å²) in [6.07, 6.45) is 0. The van der Waals surface area contributed by atoms with Crippen LogP contribution in [-0.2, 0) is 0 Å². The third-order valence-corrected chi connectivity index (χ3v) is 2.91. The maximum absolute atomic E-state index is 13.1. The van der Waals surface area contributed by atoms with Crippen LogP contribution in [-0.4, -0.2) is 7.05 Å². The van der Waals surface area contributed by atoms with Crippen LogP contribution in [0.15, 0.2) is 34.7 Å². The summed E-state index contributed by atoms with van der Waals surface area (Å²) in [4.78, 5) is 0. The molecule has 0 spiro atoms. The average molecular weight is 254 g/mol. The number of hydrogen-bond donors (Lipinski definition) is 1. The van der Waals surface area contributed by atoms with Gasteiger partial charge in [0.25, 0.3) is 0 Å². The lowest BCUT2D eigenvalue weighted by Gasteiger charge is -2.16.